The van der Waals surface area contributed by atoms with Gasteiger partial charge < -0.3 is 15.0 Å². The second-order valence-corrected chi connectivity index (χ2v) is 4.96. The highest BCUT2D eigenvalue weighted by Crippen LogP contribution is 2.28. The molecule has 1 atom stereocenters. The molecule has 1 aromatic heterocycles. The third-order valence-electron chi connectivity index (χ3n) is 3.58. The Kier molecular flexibility index (Phi) is 3.52. The van der Waals surface area contributed by atoms with Gasteiger partial charge in [-0.25, -0.2) is 0 Å². The SMILES string of the molecule is CC(C(=O)NCC1(O)CCCC1)n1cccc1. The minimum atomic E-state index is -0.675. The molecule has 94 valence electrons. The van der Waals surface area contributed by atoms with E-state index in [4.69, 9.17) is 0 Å². The molecule has 1 unspecified atom stereocenters. The smallest absolute Gasteiger partial charge is 0.242 e. The second kappa shape index (κ2) is 4.92. The fourth-order valence-corrected chi connectivity index (χ4v) is 2.35. The van der Waals surface area contributed by atoms with Crippen LogP contribution in [0.5, 0.6) is 0 Å². The Morgan fingerprint density at radius 1 is 1.41 bits per heavy atom. The quantitative estimate of drug-likeness (QED) is 0.831. The summed E-state index contributed by atoms with van der Waals surface area (Å²) in [4.78, 5) is 11.9. The molecule has 1 aromatic rings. The molecule has 1 aliphatic rings. The van der Waals surface area contributed by atoms with Crippen LogP contribution < -0.4 is 5.32 Å². The zero-order valence-electron chi connectivity index (χ0n) is 10.2. The van der Waals surface area contributed by atoms with Gasteiger partial charge in [0.05, 0.1) is 5.60 Å². The first kappa shape index (κ1) is 12.2. The summed E-state index contributed by atoms with van der Waals surface area (Å²) >= 11 is 0. The van der Waals surface area contributed by atoms with Crippen LogP contribution in [-0.4, -0.2) is 27.7 Å². The van der Waals surface area contributed by atoms with Gasteiger partial charge in [0, 0.05) is 18.9 Å². The highest BCUT2D eigenvalue weighted by atomic mass is 16.3. The van der Waals surface area contributed by atoms with Gasteiger partial charge in [0.2, 0.25) is 5.91 Å². The maximum absolute atomic E-state index is 11.9. The van der Waals surface area contributed by atoms with Crippen molar-refractivity contribution in [1.82, 2.24) is 9.88 Å². The van der Waals surface area contributed by atoms with Crippen LogP contribution in [0.25, 0.3) is 0 Å². The number of hydrogen-bond acceptors (Lipinski definition) is 2. The number of aliphatic hydroxyl groups is 1. The number of nitrogens with zero attached hydrogens (tertiary/aromatic N) is 1. The van der Waals surface area contributed by atoms with Gasteiger partial charge >= 0.3 is 0 Å². The van der Waals surface area contributed by atoms with Gasteiger partial charge in [-0.3, -0.25) is 4.79 Å². The van der Waals surface area contributed by atoms with Gasteiger partial charge in [0.15, 0.2) is 0 Å². The van der Waals surface area contributed by atoms with Crippen molar-refractivity contribution in [1.29, 1.82) is 0 Å². The highest BCUT2D eigenvalue weighted by Gasteiger charge is 2.31. The molecule has 0 bridgehead atoms. The number of rotatable bonds is 4. The van der Waals surface area contributed by atoms with Crippen LogP contribution >= 0.6 is 0 Å². The summed E-state index contributed by atoms with van der Waals surface area (Å²) in [5, 5.41) is 13.0. The molecule has 1 heterocycles. The summed E-state index contributed by atoms with van der Waals surface area (Å²) in [6.07, 6.45) is 7.44. The molecule has 0 aliphatic heterocycles. The third kappa shape index (κ3) is 2.88. The molecule has 4 heteroatoms. The van der Waals surface area contributed by atoms with E-state index in [1.54, 1.807) is 0 Å². The van der Waals surface area contributed by atoms with Gasteiger partial charge in [-0.15, -0.1) is 0 Å². The molecule has 2 rings (SSSR count). The average Bonchev–Trinajstić information content (AvgIpc) is 2.96. The van der Waals surface area contributed by atoms with E-state index in [0.717, 1.165) is 25.7 Å². The standard InChI is InChI=1S/C13H20N2O2/c1-11(15-8-4-5-9-15)12(16)14-10-13(17)6-2-3-7-13/h4-5,8-9,11,17H,2-3,6-7,10H2,1H3,(H,14,16). The van der Waals surface area contributed by atoms with E-state index in [9.17, 15) is 9.90 Å². The molecule has 0 radical (unpaired) electrons. The van der Waals surface area contributed by atoms with E-state index in [2.05, 4.69) is 5.32 Å². The van der Waals surface area contributed by atoms with E-state index in [1.807, 2.05) is 36.0 Å². The maximum atomic E-state index is 11.9. The molecule has 1 fully saturated rings. The minimum absolute atomic E-state index is 0.0403. The van der Waals surface area contributed by atoms with E-state index in [0.29, 0.717) is 6.54 Å². The van der Waals surface area contributed by atoms with Crippen molar-refractivity contribution in [2.45, 2.75) is 44.2 Å². The molecule has 2 N–H and O–H groups in total. The van der Waals surface area contributed by atoms with Crippen LogP contribution in [-0.2, 0) is 4.79 Å². The molecule has 17 heavy (non-hydrogen) atoms. The van der Waals surface area contributed by atoms with E-state index in [-0.39, 0.29) is 11.9 Å². The fourth-order valence-electron chi connectivity index (χ4n) is 2.35. The minimum Gasteiger partial charge on any atom is -0.388 e. The van der Waals surface area contributed by atoms with Crippen molar-refractivity contribution in [2.24, 2.45) is 0 Å². The Morgan fingerprint density at radius 3 is 2.59 bits per heavy atom. The number of carbonyl (C=O) groups is 1. The first-order valence-corrected chi connectivity index (χ1v) is 6.23. The summed E-state index contributed by atoms with van der Waals surface area (Å²) in [6, 6.07) is 3.57. The van der Waals surface area contributed by atoms with Crippen molar-refractivity contribution in [3.8, 4) is 0 Å². The lowest BCUT2D eigenvalue weighted by atomic mass is 10.0. The number of nitrogens with one attached hydrogen (secondary N) is 1. The average molecular weight is 236 g/mol. The Bertz CT molecular complexity index is 367. The van der Waals surface area contributed by atoms with Crippen molar-refractivity contribution in [3.63, 3.8) is 0 Å². The lowest BCUT2D eigenvalue weighted by Crippen LogP contribution is -2.42. The third-order valence-corrected chi connectivity index (χ3v) is 3.58. The number of amides is 1. The van der Waals surface area contributed by atoms with Gasteiger partial charge in [-0.05, 0) is 31.9 Å². The van der Waals surface area contributed by atoms with Crippen LogP contribution in [0.3, 0.4) is 0 Å². The summed E-state index contributed by atoms with van der Waals surface area (Å²) < 4.78 is 1.86. The zero-order chi connectivity index (χ0) is 12.3. The lowest BCUT2D eigenvalue weighted by Gasteiger charge is -2.23. The van der Waals surface area contributed by atoms with E-state index >= 15 is 0 Å². The molecule has 1 amide bonds. The van der Waals surface area contributed by atoms with Crippen molar-refractivity contribution in [3.05, 3.63) is 24.5 Å². The van der Waals surface area contributed by atoms with E-state index < -0.39 is 5.60 Å². The number of aromatic nitrogens is 1. The van der Waals surface area contributed by atoms with Crippen molar-refractivity contribution >= 4 is 5.91 Å². The monoisotopic (exact) mass is 236 g/mol. The number of carbonyl (C=O) groups excluding carboxylic acids is 1. The van der Waals surface area contributed by atoms with Crippen LogP contribution in [0, 0.1) is 0 Å². The topological polar surface area (TPSA) is 54.3 Å². The molecule has 1 aliphatic carbocycles. The molecule has 1 saturated carbocycles. The predicted molar refractivity (Wildman–Crippen MR) is 65.6 cm³/mol. The van der Waals surface area contributed by atoms with Crippen molar-refractivity contribution < 1.29 is 9.90 Å². The molecule has 4 nitrogen and oxygen atoms in total. The molecular weight excluding hydrogens is 216 g/mol. The van der Waals surface area contributed by atoms with Gasteiger partial charge in [0.1, 0.15) is 6.04 Å². The fraction of sp³-hybridized carbons (Fsp3) is 0.615. The van der Waals surface area contributed by atoms with E-state index in [1.165, 1.54) is 0 Å². The Hall–Kier alpha value is -1.29. The van der Waals surface area contributed by atoms with Crippen LogP contribution in [0.1, 0.15) is 38.6 Å². The Labute approximate surface area is 102 Å². The molecular formula is C13H20N2O2. The highest BCUT2D eigenvalue weighted by molar-refractivity contribution is 5.79. The van der Waals surface area contributed by atoms with Gasteiger partial charge in [-0.2, -0.15) is 0 Å². The van der Waals surface area contributed by atoms with Crippen LogP contribution in [0.2, 0.25) is 0 Å². The van der Waals surface area contributed by atoms with Gasteiger partial charge in [-0.1, -0.05) is 12.8 Å². The normalized spacial score (nSPS) is 20.1. The summed E-state index contributed by atoms with van der Waals surface area (Å²) in [7, 11) is 0. The van der Waals surface area contributed by atoms with Crippen LogP contribution in [0.15, 0.2) is 24.5 Å². The Morgan fingerprint density at radius 2 is 2.00 bits per heavy atom. The molecule has 0 spiro atoms. The Balaban J connectivity index is 1.85. The van der Waals surface area contributed by atoms with Crippen molar-refractivity contribution in [2.75, 3.05) is 6.54 Å². The first-order chi connectivity index (χ1) is 8.11. The maximum Gasteiger partial charge on any atom is 0.242 e. The second-order valence-electron chi connectivity index (χ2n) is 4.96. The predicted octanol–water partition coefficient (Wildman–Crippen LogP) is 1.47. The lowest BCUT2D eigenvalue weighted by molar-refractivity contribution is -0.125. The zero-order valence-corrected chi connectivity index (χ0v) is 10.2. The van der Waals surface area contributed by atoms with Crippen LogP contribution in [0.4, 0.5) is 0 Å². The molecule has 0 aromatic carbocycles. The number of hydrogen-bond donors (Lipinski definition) is 2. The first-order valence-electron chi connectivity index (χ1n) is 6.23. The molecule has 0 saturated heterocycles. The largest absolute Gasteiger partial charge is 0.388 e. The van der Waals surface area contributed by atoms with Gasteiger partial charge in [0.25, 0.3) is 0 Å². The summed E-state index contributed by atoms with van der Waals surface area (Å²) in [6.45, 7) is 2.23. The summed E-state index contributed by atoms with van der Waals surface area (Å²) in [5.41, 5.74) is -0.675. The summed E-state index contributed by atoms with van der Waals surface area (Å²) in [5.74, 6) is -0.0403.